The van der Waals surface area contributed by atoms with Gasteiger partial charge >= 0.3 is 12.0 Å². The van der Waals surface area contributed by atoms with Gasteiger partial charge in [-0.2, -0.15) is 0 Å². The van der Waals surface area contributed by atoms with Crippen molar-refractivity contribution in [3.8, 4) is 0 Å². The SMILES string of the molecule is COC(C)(CNC(=O)N1C[C@@H]2CCC[C@@]2(C(=O)O)C1)c1ccccc1. The van der Waals surface area contributed by atoms with E-state index in [0.717, 1.165) is 18.4 Å². The van der Waals surface area contributed by atoms with Gasteiger partial charge in [0.2, 0.25) is 0 Å². The standard InChI is InChI=1S/C19H26N2O4/c1-18(25-2,14-7-4-3-5-8-14)12-20-17(24)21-11-15-9-6-10-19(15,13-21)16(22)23/h3-5,7-8,15H,6,9-13H2,1-2H3,(H,20,24)(H,22,23)/t15-,18?,19+/m0/s1. The number of carboxylic acid groups (broad SMARTS) is 1. The number of carbonyl (C=O) groups excluding carboxylic acids is 1. The Morgan fingerprint density at radius 2 is 2.12 bits per heavy atom. The molecule has 1 saturated heterocycles. The number of aliphatic carboxylic acids is 1. The number of carboxylic acids is 1. The third-order valence-electron chi connectivity index (χ3n) is 6.00. The van der Waals surface area contributed by atoms with Crippen molar-refractivity contribution in [3.63, 3.8) is 0 Å². The van der Waals surface area contributed by atoms with Gasteiger partial charge in [-0.05, 0) is 31.2 Å². The molecular weight excluding hydrogens is 320 g/mol. The predicted molar refractivity (Wildman–Crippen MR) is 93.2 cm³/mol. The molecule has 6 nitrogen and oxygen atoms in total. The molecule has 1 aliphatic heterocycles. The summed E-state index contributed by atoms with van der Waals surface area (Å²) in [5, 5.41) is 12.6. The lowest BCUT2D eigenvalue weighted by atomic mass is 9.81. The number of hydrogen-bond donors (Lipinski definition) is 2. The molecule has 25 heavy (non-hydrogen) atoms. The number of likely N-dealkylation sites (tertiary alicyclic amines) is 1. The van der Waals surface area contributed by atoms with E-state index in [0.29, 0.717) is 26.1 Å². The maximum atomic E-state index is 12.6. The van der Waals surface area contributed by atoms with Crippen molar-refractivity contribution in [3.05, 3.63) is 35.9 Å². The van der Waals surface area contributed by atoms with Crippen LogP contribution in [0.2, 0.25) is 0 Å². The van der Waals surface area contributed by atoms with E-state index >= 15 is 0 Å². The fraction of sp³-hybridized carbons (Fsp3) is 0.579. The van der Waals surface area contributed by atoms with Crippen molar-refractivity contribution in [2.75, 3.05) is 26.7 Å². The highest BCUT2D eigenvalue weighted by molar-refractivity contribution is 5.80. The largest absolute Gasteiger partial charge is 0.481 e. The highest BCUT2D eigenvalue weighted by Crippen LogP contribution is 2.48. The molecule has 0 aromatic heterocycles. The van der Waals surface area contributed by atoms with Crippen LogP contribution in [0.3, 0.4) is 0 Å². The van der Waals surface area contributed by atoms with E-state index in [1.165, 1.54) is 0 Å². The summed E-state index contributed by atoms with van der Waals surface area (Å²) in [4.78, 5) is 26.0. The number of nitrogens with one attached hydrogen (secondary N) is 1. The quantitative estimate of drug-likeness (QED) is 0.858. The molecule has 1 unspecified atom stereocenters. The van der Waals surface area contributed by atoms with Crippen molar-refractivity contribution in [2.24, 2.45) is 11.3 Å². The van der Waals surface area contributed by atoms with Gasteiger partial charge < -0.3 is 20.1 Å². The lowest BCUT2D eigenvalue weighted by Gasteiger charge is -2.30. The lowest BCUT2D eigenvalue weighted by Crippen LogP contribution is -2.46. The Kier molecular flexibility index (Phi) is 4.73. The van der Waals surface area contributed by atoms with E-state index < -0.39 is 17.0 Å². The van der Waals surface area contributed by atoms with Gasteiger partial charge in [-0.25, -0.2) is 4.79 Å². The molecule has 2 fully saturated rings. The van der Waals surface area contributed by atoms with Crippen LogP contribution in [-0.2, 0) is 15.1 Å². The second kappa shape index (κ2) is 6.67. The van der Waals surface area contributed by atoms with E-state index in [4.69, 9.17) is 4.74 Å². The Balaban J connectivity index is 1.64. The third kappa shape index (κ3) is 3.11. The summed E-state index contributed by atoms with van der Waals surface area (Å²) in [6.07, 6.45) is 2.48. The Labute approximate surface area is 148 Å². The average Bonchev–Trinajstić information content (AvgIpc) is 3.18. The number of ether oxygens (including phenoxy) is 1. The van der Waals surface area contributed by atoms with Gasteiger partial charge in [-0.1, -0.05) is 36.8 Å². The van der Waals surface area contributed by atoms with Gasteiger partial charge in [0.15, 0.2) is 0 Å². The van der Waals surface area contributed by atoms with E-state index in [-0.39, 0.29) is 11.9 Å². The van der Waals surface area contributed by atoms with Gasteiger partial charge in [0.05, 0.1) is 12.0 Å². The van der Waals surface area contributed by atoms with Crippen LogP contribution in [0.15, 0.2) is 30.3 Å². The number of hydrogen-bond acceptors (Lipinski definition) is 3. The number of urea groups is 1. The maximum absolute atomic E-state index is 12.6. The number of nitrogens with zero attached hydrogens (tertiary/aromatic N) is 1. The van der Waals surface area contributed by atoms with Crippen molar-refractivity contribution >= 4 is 12.0 Å². The number of rotatable bonds is 5. The number of carbonyl (C=O) groups is 2. The Morgan fingerprint density at radius 3 is 2.72 bits per heavy atom. The minimum atomic E-state index is -0.767. The first kappa shape index (κ1) is 17.7. The van der Waals surface area contributed by atoms with Crippen LogP contribution in [0.4, 0.5) is 4.79 Å². The van der Waals surface area contributed by atoms with Gasteiger partial charge in [0.25, 0.3) is 0 Å². The van der Waals surface area contributed by atoms with Crippen molar-refractivity contribution in [1.82, 2.24) is 10.2 Å². The Bertz CT molecular complexity index is 650. The fourth-order valence-corrected chi connectivity index (χ4v) is 4.23. The molecule has 0 spiro atoms. The number of benzene rings is 1. The highest BCUT2D eigenvalue weighted by Gasteiger charge is 2.55. The predicted octanol–water partition coefficient (Wildman–Crippen LogP) is 2.44. The van der Waals surface area contributed by atoms with Crippen LogP contribution < -0.4 is 5.32 Å². The molecule has 3 rings (SSSR count). The smallest absolute Gasteiger partial charge is 0.317 e. The second-order valence-corrected chi connectivity index (χ2v) is 7.39. The molecule has 0 bridgehead atoms. The third-order valence-corrected chi connectivity index (χ3v) is 6.00. The highest BCUT2D eigenvalue weighted by atomic mass is 16.5. The zero-order chi connectivity index (χ0) is 18.1. The molecule has 1 aromatic rings. The zero-order valence-corrected chi connectivity index (χ0v) is 14.8. The van der Waals surface area contributed by atoms with Crippen molar-refractivity contribution in [1.29, 1.82) is 0 Å². The first-order valence-corrected chi connectivity index (χ1v) is 8.78. The van der Waals surface area contributed by atoms with Crippen molar-refractivity contribution in [2.45, 2.75) is 31.8 Å². The molecule has 2 N–H and O–H groups in total. The molecular formula is C19H26N2O4. The monoisotopic (exact) mass is 346 g/mol. The minimum Gasteiger partial charge on any atom is -0.481 e. The van der Waals surface area contributed by atoms with E-state index in [2.05, 4.69) is 5.32 Å². The van der Waals surface area contributed by atoms with Gasteiger partial charge in [-0.15, -0.1) is 0 Å². The van der Waals surface area contributed by atoms with E-state index in [1.54, 1.807) is 12.0 Å². The zero-order valence-electron chi connectivity index (χ0n) is 14.8. The summed E-state index contributed by atoms with van der Waals surface area (Å²) in [6.45, 7) is 3.08. The van der Waals surface area contributed by atoms with Crippen LogP contribution >= 0.6 is 0 Å². The molecule has 1 heterocycles. The molecule has 1 aliphatic carbocycles. The summed E-state index contributed by atoms with van der Waals surface area (Å²) in [6, 6.07) is 9.53. The second-order valence-electron chi connectivity index (χ2n) is 7.39. The molecule has 6 heteroatoms. The minimum absolute atomic E-state index is 0.0682. The Morgan fingerprint density at radius 1 is 1.40 bits per heavy atom. The fourth-order valence-electron chi connectivity index (χ4n) is 4.23. The summed E-state index contributed by atoms with van der Waals surface area (Å²) in [5.74, 6) is -0.699. The maximum Gasteiger partial charge on any atom is 0.317 e. The first-order valence-electron chi connectivity index (χ1n) is 8.78. The molecule has 2 amide bonds. The molecule has 1 aromatic carbocycles. The summed E-state index contributed by atoms with van der Waals surface area (Å²) in [7, 11) is 1.62. The van der Waals surface area contributed by atoms with Gasteiger partial charge in [0, 0.05) is 20.2 Å². The average molecular weight is 346 g/mol. The van der Waals surface area contributed by atoms with E-state index in [1.807, 2.05) is 37.3 Å². The Hall–Kier alpha value is -2.08. The van der Waals surface area contributed by atoms with Crippen LogP contribution in [-0.4, -0.2) is 48.8 Å². The lowest BCUT2D eigenvalue weighted by molar-refractivity contribution is -0.149. The number of methoxy groups -OCH3 is 1. The number of amides is 2. The first-order chi connectivity index (χ1) is 11.9. The van der Waals surface area contributed by atoms with Gasteiger partial charge in [0.1, 0.15) is 5.60 Å². The van der Waals surface area contributed by atoms with Crippen LogP contribution in [0.5, 0.6) is 0 Å². The molecule has 3 atom stereocenters. The van der Waals surface area contributed by atoms with E-state index in [9.17, 15) is 14.7 Å². The summed E-state index contributed by atoms with van der Waals surface area (Å²) in [5.41, 5.74) is -0.392. The van der Waals surface area contributed by atoms with Gasteiger partial charge in [-0.3, -0.25) is 4.79 Å². The molecule has 136 valence electrons. The molecule has 1 saturated carbocycles. The van der Waals surface area contributed by atoms with Crippen LogP contribution in [0.1, 0.15) is 31.7 Å². The molecule has 0 radical (unpaired) electrons. The number of fused-ring (bicyclic) bond motifs is 1. The van der Waals surface area contributed by atoms with Crippen LogP contribution in [0, 0.1) is 11.3 Å². The summed E-state index contributed by atoms with van der Waals surface area (Å²) >= 11 is 0. The normalized spacial score (nSPS) is 27.6. The van der Waals surface area contributed by atoms with Crippen LogP contribution in [0.25, 0.3) is 0 Å². The molecule has 2 aliphatic rings. The topological polar surface area (TPSA) is 78.9 Å². The van der Waals surface area contributed by atoms with Crippen molar-refractivity contribution < 1.29 is 19.4 Å². The summed E-state index contributed by atoms with van der Waals surface area (Å²) < 4.78 is 5.64.